The first-order chi connectivity index (χ1) is 42.1. The van der Waals surface area contributed by atoms with E-state index in [-0.39, 0.29) is 106 Å². The second kappa shape index (κ2) is 35.4. The molecule has 0 aliphatic carbocycles. The van der Waals surface area contributed by atoms with Crippen LogP contribution in [0.2, 0.25) is 0 Å². The van der Waals surface area contributed by atoms with Gasteiger partial charge in [0.15, 0.2) is 0 Å². The summed E-state index contributed by atoms with van der Waals surface area (Å²) in [6, 6.07) is 8.51. The van der Waals surface area contributed by atoms with Gasteiger partial charge >= 0.3 is 23.9 Å². The Labute approximate surface area is 518 Å². The average molecular weight is 1330 g/mol. The highest BCUT2D eigenvalue weighted by Gasteiger charge is 2.34. The molecule has 498 valence electrons. The molecule has 1 aliphatic heterocycles. The lowest BCUT2D eigenvalue weighted by atomic mass is 10.1. The van der Waals surface area contributed by atoms with Gasteiger partial charge in [0.1, 0.15) is 41.2 Å². The molecule has 37 heteroatoms. The molecule has 2 heterocycles. The number of benzene rings is 2. The minimum Gasteiger partial charge on any atom is -0.494 e. The van der Waals surface area contributed by atoms with Crippen molar-refractivity contribution in [3.63, 3.8) is 0 Å². The zero-order valence-electron chi connectivity index (χ0n) is 49.2. The number of hydrogen-bond donors (Lipinski definition) is 13. The van der Waals surface area contributed by atoms with Crippen LogP contribution in [0.15, 0.2) is 59.5 Å². The molecule has 1 fully saturated rings. The minimum atomic E-state index is -5.11. The number of nitrogens with zero attached hydrogens (tertiary/aromatic N) is 5. The molecule has 1 aromatic heterocycles. The number of aromatic nitrogens is 1. The average Bonchev–Trinajstić information content (AvgIpc) is 0.906. The summed E-state index contributed by atoms with van der Waals surface area (Å²) >= 11 is 0. The van der Waals surface area contributed by atoms with Gasteiger partial charge in [0.25, 0.3) is 26.1 Å². The second-order valence-electron chi connectivity index (χ2n) is 20.9. The summed E-state index contributed by atoms with van der Waals surface area (Å²) in [4.78, 5) is 123. The van der Waals surface area contributed by atoms with Gasteiger partial charge in [-0.3, -0.25) is 71.9 Å². The Balaban J connectivity index is 1.27. The number of pyridine rings is 1. The molecule has 2 aromatic carbocycles. The van der Waals surface area contributed by atoms with Crippen LogP contribution in [0.3, 0.4) is 0 Å². The predicted molar refractivity (Wildman–Crippen MR) is 319 cm³/mol. The summed E-state index contributed by atoms with van der Waals surface area (Å²) in [6.07, 6.45) is 1.16. The first-order valence-electron chi connectivity index (χ1n) is 27.8. The van der Waals surface area contributed by atoms with Gasteiger partial charge in [0, 0.05) is 89.7 Å². The van der Waals surface area contributed by atoms with Crippen LogP contribution >= 0.6 is 0 Å². The van der Waals surface area contributed by atoms with Crippen LogP contribution in [0.25, 0.3) is 0 Å². The van der Waals surface area contributed by atoms with Gasteiger partial charge in [-0.15, -0.1) is 0 Å². The standard InChI is InChI=1S/C53H76N12O22S3/c1-34-25-39(26-35(2)49(34)90(85,86)61-40(53(77)78)27-57-50(74)37-11-8-36(9-12-37)10-13-38-5-3-6-43(54)58-38)87-24-4-7-44(66)55-14-15-56-51(75)41(32-88(79,80)81)60-52(76)42(33-89(82,83)84)59-45(67)28-62-16-18-63(29-46(68)69)20-22-65(31-48(72)73)23-21-64(19-17-62)30-47(70)71/h3,5-6,8-9,11-12,25-26,40-42,61H,4,7,10,13-24,27-33H2,1-2H3,(H2,54,58)(H,55,66)(H,56,75)(H,57,74)(H,59,67)(H,60,76)(H,68,69)(H,70,71)(H,72,73)(H,77,78)(H,79,80,81)(H,82,83,84)/t40-,41-,42-/m0/s1. The summed E-state index contributed by atoms with van der Waals surface area (Å²) in [7, 11) is -14.7. The van der Waals surface area contributed by atoms with Crippen LogP contribution in [-0.4, -0.2) is 267 Å². The number of carbonyl (C=O) groups is 9. The zero-order valence-corrected chi connectivity index (χ0v) is 51.7. The SMILES string of the molecule is Cc1cc(OCCCC(=O)NCCNC(=O)[C@H](CS(=O)(=O)O)NC(=O)[C@H](CS(=O)(=O)O)NC(=O)CN2CCN(CC(=O)O)CCN(CC(=O)O)CCN(CC(=O)O)CC2)cc(C)c1S(=O)(=O)N[C@@H](CNC(=O)c1ccc(CCc2cccc(N)n2)cc1)C(=O)O. The van der Waals surface area contributed by atoms with Crippen molar-refractivity contribution in [1.29, 1.82) is 0 Å². The lowest BCUT2D eigenvalue weighted by Crippen LogP contribution is -2.58. The van der Waals surface area contributed by atoms with Gasteiger partial charge in [-0.1, -0.05) is 18.2 Å². The van der Waals surface area contributed by atoms with Crippen LogP contribution in [0.4, 0.5) is 5.82 Å². The van der Waals surface area contributed by atoms with Crippen LogP contribution < -0.4 is 41.8 Å². The lowest BCUT2D eigenvalue weighted by molar-refractivity contribution is -0.140. The first kappa shape index (κ1) is 74.5. The van der Waals surface area contributed by atoms with Crippen LogP contribution in [-0.2, 0) is 81.5 Å². The van der Waals surface area contributed by atoms with Gasteiger partial charge < -0.3 is 57.5 Å². The van der Waals surface area contributed by atoms with E-state index in [1.807, 2.05) is 11.4 Å². The van der Waals surface area contributed by atoms with Crippen molar-refractivity contribution in [2.45, 2.75) is 62.6 Å². The Bertz CT molecular complexity index is 3320. The number of nitrogen functional groups attached to an aromatic ring is 1. The molecular formula is C53H76N12O22S3. The van der Waals surface area contributed by atoms with Gasteiger partial charge in [0.05, 0.1) is 37.7 Å². The monoisotopic (exact) mass is 1330 g/mol. The van der Waals surface area contributed by atoms with Gasteiger partial charge in [0.2, 0.25) is 33.7 Å². The van der Waals surface area contributed by atoms with Crippen LogP contribution in [0, 0.1) is 13.8 Å². The maximum absolute atomic E-state index is 13.6. The third-order valence-corrected chi connectivity index (χ3v) is 16.7. The molecule has 5 amide bonds. The molecule has 34 nitrogen and oxygen atoms in total. The van der Waals surface area contributed by atoms with E-state index in [1.165, 1.54) is 45.6 Å². The molecule has 0 radical (unpaired) electrons. The van der Waals surface area contributed by atoms with Crippen LogP contribution in [0.1, 0.15) is 45.6 Å². The fourth-order valence-corrected chi connectivity index (χ4v) is 12.1. The molecule has 3 atom stereocenters. The number of anilines is 1. The largest absolute Gasteiger partial charge is 0.494 e. The molecule has 1 aliphatic rings. The highest BCUT2D eigenvalue weighted by molar-refractivity contribution is 7.89. The highest BCUT2D eigenvalue weighted by atomic mass is 32.2. The second-order valence-corrected chi connectivity index (χ2v) is 25.6. The van der Waals surface area contributed by atoms with E-state index in [1.54, 1.807) is 36.4 Å². The molecule has 14 N–H and O–H groups in total. The number of nitrogens with two attached hydrogens (primary N) is 1. The van der Waals surface area contributed by atoms with Gasteiger partial charge in [-0.2, -0.15) is 21.6 Å². The summed E-state index contributed by atoms with van der Waals surface area (Å²) in [5.41, 5.74) is 8.00. The molecule has 0 bridgehead atoms. The first-order valence-corrected chi connectivity index (χ1v) is 32.5. The number of hydrogen-bond acceptors (Lipinski definition) is 22. The number of aryl methyl sites for hydroxylation is 4. The Morgan fingerprint density at radius 3 is 1.57 bits per heavy atom. The van der Waals surface area contributed by atoms with Crippen molar-refractivity contribution in [2.24, 2.45) is 0 Å². The molecule has 90 heavy (non-hydrogen) atoms. The smallest absolute Gasteiger partial charge is 0.323 e. The van der Waals surface area contributed by atoms with Crippen molar-refractivity contribution >= 4 is 89.5 Å². The van der Waals surface area contributed by atoms with E-state index in [9.17, 15) is 97.9 Å². The fraction of sp³-hybridized carbons (Fsp3) is 0.509. The quantitative estimate of drug-likeness (QED) is 0.0199. The Hall–Kier alpha value is -8.01. The molecule has 0 saturated carbocycles. The number of carboxylic acid groups (broad SMARTS) is 4. The molecule has 3 aromatic rings. The third kappa shape index (κ3) is 28.2. The van der Waals surface area contributed by atoms with E-state index in [0.29, 0.717) is 18.7 Å². The number of sulfonamides is 1. The van der Waals surface area contributed by atoms with E-state index in [0.717, 1.165) is 11.3 Å². The van der Waals surface area contributed by atoms with E-state index < -0.39 is 153 Å². The van der Waals surface area contributed by atoms with Crippen molar-refractivity contribution in [2.75, 3.05) is 122 Å². The number of ether oxygens (including phenoxy) is 1. The fourth-order valence-electron chi connectivity index (χ4n) is 9.18. The van der Waals surface area contributed by atoms with Crippen molar-refractivity contribution in [3.8, 4) is 5.75 Å². The molecule has 1 saturated heterocycles. The summed E-state index contributed by atoms with van der Waals surface area (Å²) in [6.45, 7) is -0.501. The number of carboxylic acids is 4. The summed E-state index contributed by atoms with van der Waals surface area (Å²) in [5, 5.41) is 49.5. The summed E-state index contributed by atoms with van der Waals surface area (Å²) in [5.74, 6) is -12.6. The maximum atomic E-state index is 13.6. The highest BCUT2D eigenvalue weighted by Crippen LogP contribution is 2.26. The van der Waals surface area contributed by atoms with Crippen molar-refractivity contribution in [1.82, 2.24) is 55.9 Å². The lowest BCUT2D eigenvalue weighted by Gasteiger charge is -2.33. The number of aliphatic carboxylic acids is 4. The normalized spacial score (nSPS) is 15.3. The minimum absolute atomic E-state index is 0.0336. The van der Waals surface area contributed by atoms with Gasteiger partial charge in [-0.25, -0.2) is 13.4 Å². The van der Waals surface area contributed by atoms with Crippen LogP contribution in [0.5, 0.6) is 5.75 Å². The van der Waals surface area contributed by atoms with Crippen molar-refractivity contribution < 1.29 is 103 Å². The molecular weight excluding hydrogens is 1250 g/mol. The van der Waals surface area contributed by atoms with Gasteiger partial charge in [-0.05, 0) is 86.2 Å². The predicted octanol–water partition coefficient (Wildman–Crippen LogP) is -4.16. The topological polar surface area (TPSA) is 511 Å². The number of amides is 5. The Kier molecular flexibility index (Phi) is 29.3. The Morgan fingerprint density at radius 1 is 0.600 bits per heavy atom. The summed E-state index contributed by atoms with van der Waals surface area (Å²) < 4.78 is 102. The number of carbonyl (C=O) groups excluding carboxylic acids is 5. The number of rotatable bonds is 34. The van der Waals surface area contributed by atoms with Crippen molar-refractivity contribution in [3.05, 3.63) is 82.5 Å². The van der Waals surface area contributed by atoms with E-state index in [2.05, 4.69) is 31.0 Å². The molecule has 0 spiro atoms. The molecule has 4 rings (SSSR count). The maximum Gasteiger partial charge on any atom is 0.323 e. The van der Waals surface area contributed by atoms with E-state index in [4.69, 9.17) is 10.5 Å². The third-order valence-electron chi connectivity index (χ3n) is 13.5. The zero-order chi connectivity index (χ0) is 66.9. The molecule has 0 unspecified atom stereocenters. The Morgan fingerprint density at radius 2 is 1.09 bits per heavy atom. The van der Waals surface area contributed by atoms with E-state index >= 15 is 0 Å². The number of nitrogens with one attached hydrogen (secondary N) is 6.